The van der Waals surface area contributed by atoms with Crippen LogP contribution in [0.5, 0.6) is 17.4 Å². The zero-order valence-corrected chi connectivity index (χ0v) is 12.4. The van der Waals surface area contributed by atoms with Crippen LogP contribution in [0.3, 0.4) is 0 Å². The Hall–Kier alpha value is -2.07. The summed E-state index contributed by atoms with van der Waals surface area (Å²) in [5.74, 6) is 2.15. The van der Waals surface area contributed by atoms with Crippen LogP contribution in [0.4, 0.5) is 0 Å². The van der Waals surface area contributed by atoms with Gasteiger partial charge in [0.15, 0.2) is 0 Å². The summed E-state index contributed by atoms with van der Waals surface area (Å²) >= 11 is 3.43. The Morgan fingerprint density at radius 1 is 1.00 bits per heavy atom. The molecule has 0 N–H and O–H groups in total. The van der Waals surface area contributed by atoms with E-state index in [1.165, 1.54) is 0 Å². The Morgan fingerprint density at radius 2 is 1.90 bits per heavy atom. The molecule has 0 fully saturated rings. The number of nitrogens with zero attached hydrogens (tertiary/aromatic N) is 1. The molecule has 3 nitrogen and oxygen atoms in total. The molecule has 1 aromatic heterocycles. The van der Waals surface area contributed by atoms with Crippen LogP contribution < -0.4 is 9.47 Å². The predicted octanol–water partition coefficient (Wildman–Crippen LogP) is 4.80. The van der Waals surface area contributed by atoms with E-state index in [0.717, 1.165) is 26.7 Å². The van der Waals surface area contributed by atoms with Gasteiger partial charge in [0.1, 0.15) is 11.5 Å². The van der Waals surface area contributed by atoms with Gasteiger partial charge in [-0.25, -0.2) is 4.98 Å². The lowest BCUT2D eigenvalue weighted by Crippen LogP contribution is -1.90. The minimum Gasteiger partial charge on any atom is -0.497 e. The number of halogens is 1. The first-order valence-corrected chi connectivity index (χ1v) is 6.92. The molecule has 0 bridgehead atoms. The molecule has 3 rings (SSSR count). The molecule has 20 heavy (non-hydrogen) atoms. The van der Waals surface area contributed by atoms with Gasteiger partial charge in [0.05, 0.1) is 7.11 Å². The maximum atomic E-state index is 5.86. The number of rotatable bonds is 3. The van der Waals surface area contributed by atoms with Crippen molar-refractivity contribution in [3.05, 3.63) is 59.2 Å². The fourth-order valence-corrected chi connectivity index (χ4v) is 2.36. The predicted molar refractivity (Wildman–Crippen MR) is 82.5 cm³/mol. The van der Waals surface area contributed by atoms with Gasteiger partial charge < -0.3 is 9.47 Å². The Morgan fingerprint density at radius 3 is 2.70 bits per heavy atom. The van der Waals surface area contributed by atoms with Crippen molar-refractivity contribution in [1.82, 2.24) is 4.98 Å². The third-order valence-electron chi connectivity index (χ3n) is 2.95. The van der Waals surface area contributed by atoms with Crippen molar-refractivity contribution in [1.29, 1.82) is 0 Å². The molecule has 0 aliphatic rings. The quantitative estimate of drug-likeness (QED) is 0.691. The van der Waals surface area contributed by atoms with E-state index in [1.807, 2.05) is 48.5 Å². The summed E-state index contributed by atoms with van der Waals surface area (Å²) in [7, 11) is 1.65. The van der Waals surface area contributed by atoms with Gasteiger partial charge in [0.2, 0.25) is 5.88 Å². The molecule has 3 aromatic rings. The van der Waals surface area contributed by atoms with Crippen molar-refractivity contribution in [2.45, 2.75) is 0 Å². The summed E-state index contributed by atoms with van der Waals surface area (Å²) in [4.78, 5) is 4.31. The van der Waals surface area contributed by atoms with Crippen LogP contribution in [0, 0.1) is 0 Å². The number of benzene rings is 2. The smallest absolute Gasteiger partial charge is 0.227 e. The Bertz CT molecular complexity index is 758. The fraction of sp³-hybridized carbons (Fsp3) is 0.0625. The molecule has 0 saturated carbocycles. The summed E-state index contributed by atoms with van der Waals surface area (Å²) < 4.78 is 12.1. The van der Waals surface area contributed by atoms with Gasteiger partial charge in [-0.2, -0.15) is 0 Å². The Kier molecular flexibility index (Phi) is 3.56. The normalized spacial score (nSPS) is 10.5. The molecule has 0 amide bonds. The number of methoxy groups -OCH3 is 1. The van der Waals surface area contributed by atoms with Gasteiger partial charge in [-0.1, -0.05) is 22.0 Å². The molecule has 0 saturated heterocycles. The van der Waals surface area contributed by atoms with E-state index in [4.69, 9.17) is 9.47 Å². The second-order valence-corrected chi connectivity index (χ2v) is 5.18. The number of hydrogen-bond donors (Lipinski definition) is 0. The Balaban J connectivity index is 2.03. The van der Waals surface area contributed by atoms with Crippen LogP contribution in [0.25, 0.3) is 10.8 Å². The highest BCUT2D eigenvalue weighted by atomic mass is 79.9. The highest BCUT2D eigenvalue weighted by Gasteiger charge is 2.06. The van der Waals surface area contributed by atoms with Crippen LogP contribution in [-0.4, -0.2) is 12.1 Å². The van der Waals surface area contributed by atoms with Crippen LogP contribution >= 0.6 is 15.9 Å². The van der Waals surface area contributed by atoms with Crippen molar-refractivity contribution >= 4 is 26.7 Å². The second-order valence-electron chi connectivity index (χ2n) is 4.26. The number of ether oxygens (including phenoxy) is 2. The van der Waals surface area contributed by atoms with E-state index < -0.39 is 0 Å². The average molecular weight is 330 g/mol. The van der Waals surface area contributed by atoms with Crippen LogP contribution in [0.2, 0.25) is 0 Å². The molecule has 0 spiro atoms. The minimum absolute atomic E-state index is 0.586. The molecular weight excluding hydrogens is 318 g/mol. The van der Waals surface area contributed by atoms with Crippen molar-refractivity contribution in [3.63, 3.8) is 0 Å². The molecule has 0 unspecified atom stereocenters. The SMILES string of the molecule is COc1ccc2c(Oc3cccc(Br)c3)nccc2c1. The highest BCUT2D eigenvalue weighted by Crippen LogP contribution is 2.30. The fourth-order valence-electron chi connectivity index (χ4n) is 1.98. The lowest BCUT2D eigenvalue weighted by molar-refractivity contribution is 0.415. The molecule has 0 aliphatic heterocycles. The van der Waals surface area contributed by atoms with Crippen molar-refractivity contribution < 1.29 is 9.47 Å². The minimum atomic E-state index is 0.586. The number of fused-ring (bicyclic) bond motifs is 1. The lowest BCUT2D eigenvalue weighted by atomic mass is 10.1. The highest BCUT2D eigenvalue weighted by molar-refractivity contribution is 9.10. The molecule has 1 heterocycles. The van der Waals surface area contributed by atoms with Gasteiger partial charge in [-0.15, -0.1) is 0 Å². The third-order valence-corrected chi connectivity index (χ3v) is 3.44. The van der Waals surface area contributed by atoms with Gasteiger partial charge in [-0.3, -0.25) is 0 Å². The van der Waals surface area contributed by atoms with Crippen molar-refractivity contribution in [3.8, 4) is 17.4 Å². The maximum absolute atomic E-state index is 5.86. The summed E-state index contributed by atoms with van der Waals surface area (Å²) in [6.07, 6.45) is 1.73. The molecule has 100 valence electrons. The van der Waals surface area contributed by atoms with E-state index in [-0.39, 0.29) is 0 Å². The van der Waals surface area contributed by atoms with Crippen molar-refractivity contribution in [2.24, 2.45) is 0 Å². The van der Waals surface area contributed by atoms with Gasteiger partial charge in [0.25, 0.3) is 0 Å². The van der Waals surface area contributed by atoms with E-state index >= 15 is 0 Å². The lowest BCUT2D eigenvalue weighted by Gasteiger charge is -2.09. The zero-order valence-electron chi connectivity index (χ0n) is 10.8. The number of hydrogen-bond acceptors (Lipinski definition) is 3. The topological polar surface area (TPSA) is 31.4 Å². The van der Waals surface area contributed by atoms with Gasteiger partial charge in [-0.05, 0) is 47.9 Å². The van der Waals surface area contributed by atoms with Gasteiger partial charge >= 0.3 is 0 Å². The van der Waals surface area contributed by atoms with Gasteiger partial charge in [0, 0.05) is 16.1 Å². The third kappa shape index (κ3) is 2.60. The summed E-state index contributed by atoms with van der Waals surface area (Å²) in [6, 6.07) is 15.4. The molecule has 0 atom stereocenters. The molecular formula is C16H12BrNO2. The summed E-state index contributed by atoms with van der Waals surface area (Å²) in [5.41, 5.74) is 0. The summed E-state index contributed by atoms with van der Waals surface area (Å²) in [6.45, 7) is 0. The van der Waals surface area contributed by atoms with Crippen LogP contribution in [0.15, 0.2) is 59.2 Å². The maximum Gasteiger partial charge on any atom is 0.227 e. The second kappa shape index (κ2) is 5.51. The van der Waals surface area contributed by atoms with Crippen LogP contribution in [-0.2, 0) is 0 Å². The zero-order chi connectivity index (χ0) is 13.9. The number of aromatic nitrogens is 1. The van der Waals surface area contributed by atoms with Crippen molar-refractivity contribution in [2.75, 3.05) is 7.11 Å². The first-order valence-electron chi connectivity index (χ1n) is 6.12. The van der Waals surface area contributed by atoms with E-state index in [1.54, 1.807) is 13.3 Å². The van der Waals surface area contributed by atoms with E-state index in [0.29, 0.717) is 5.88 Å². The molecule has 0 aliphatic carbocycles. The largest absolute Gasteiger partial charge is 0.497 e. The van der Waals surface area contributed by atoms with E-state index in [9.17, 15) is 0 Å². The first kappa shape index (κ1) is 12.9. The average Bonchev–Trinajstić information content (AvgIpc) is 2.47. The molecule has 2 aromatic carbocycles. The van der Waals surface area contributed by atoms with Crippen LogP contribution in [0.1, 0.15) is 0 Å². The first-order chi connectivity index (χ1) is 9.76. The van der Waals surface area contributed by atoms with E-state index in [2.05, 4.69) is 20.9 Å². The standard InChI is InChI=1S/C16H12BrNO2/c1-19-13-5-6-15-11(9-13)7-8-18-16(15)20-14-4-2-3-12(17)10-14/h2-10H,1H3. The molecule has 0 radical (unpaired) electrons. The summed E-state index contributed by atoms with van der Waals surface area (Å²) in [5, 5.41) is 1.98. The number of pyridine rings is 1. The monoisotopic (exact) mass is 329 g/mol. The molecule has 4 heteroatoms. The Labute approximate surface area is 125 Å².